The zero-order valence-electron chi connectivity index (χ0n) is 18.0. The minimum absolute atomic E-state index is 0.0386. The third-order valence-corrected chi connectivity index (χ3v) is 4.52. The largest absolute Gasteiger partial charge is 0.493 e. The van der Waals surface area contributed by atoms with Gasteiger partial charge in [-0.1, -0.05) is 6.07 Å². The molecule has 168 valence electrons. The lowest BCUT2D eigenvalue weighted by Gasteiger charge is -2.35. The highest BCUT2D eigenvalue weighted by Crippen LogP contribution is 2.28. The van der Waals surface area contributed by atoms with Gasteiger partial charge >= 0.3 is 5.97 Å². The minimum atomic E-state index is -1.04. The third-order valence-electron chi connectivity index (χ3n) is 4.52. The van der Waals surface area contributed by atoms with Gasteiger partial charge in [0.15, 0.2) is 11.5 Å². The fourth-order valence-electron chi connectivity index (χ4n) is 3.14. The summed E-state index contributed by atoms with van der Waals surface area (Å²) in [4.78, 5) is 50.6. The zero-order chi connectivity index (χ0) is 23.0. The monoisotopic (exact) mass is 433 g/mol. The summed E-state index contributed by atoms with van der Waals surface area (Å²) in [5, 5.41) is 5.16. The Morgan fingerprint density at radius 2 is 1.94 bits per heavy atom. The Balaban J connectivity index is 2.38. The van der Waals surface area contributed by atoms with E-state index in [9.17, 15) is 19.2 Å². The third kappa shape index (κ3) is 6.21. The van der Waals surface area contributed by atoms with E-state index in [4.69, 9.17) is 14.2 Å². The van der Waals surface area contributed by atoms with E-state index in [-0.39, 0.29) is 31.8 Å². The molecule has 1 aromatic rings. The van der Waals surface area contributed by atoms with Gasteiger partial charge in [0.05, 0.1) is 27.2 Å². The zero-order valence-corrected chi connectivity index (χ0v) is 18.0. The van der Waals surface area contributed by atoms with Gasteiger partial charge in [0.1, 0.15) is 11.7 Å². The van der Waals surface area contributed by atoms with Crippen LogP contribution in [0.4, 0.5) is 0 Å². The van der Waals surface area contributed by atoms with Crippen molar-refractivity contribution in [2.24, 2.45) is 0 Å². The second kappa shape index (κ2) is 11.0. The molecule has 1 heterocycles. The summed E-state index contributed by atoms with van der Waals surface area (Å²) in [6.45, 7) is 3.50. The van der Waals surface area contributed by atoms with E-state index in [0.717, 1.165) is 0 Å². The van der Waals surface area contributed by atoms with Gasteiger partial charge in [0.2, 0.25) is 11.8 Å². The van der Waals surface area contributed by atoms with Gasteiger partial charge in [0, 0.05) is 20.0 Å². The van der Waals surface area contributed by atoms with Crippen molar-refractivity contribution in [3.05, 3.63) is 29.5 Å². The molecule has 2 N–H and O–H groups in total. The Bertz CT molecular complexity index is 882. The molecule has 10 heteroatoms. The average molecular weight is 433 g/mol. The maximum absolute atomic E-state index is 13.3. The van der Waals surface area contributed by atoms with E-state index >= 15 is 0 Å². The smallest absolute Gasteiger partial charge is 0.308 e. The summed E-state index contributed by atoms with van der Waals surface area (Å²) in [5.74, 6) is -1.14. The van der Waals surface area contributed by atoms with Crippen molar-refractivity contribution in [3.63, 3.8) is 0 Å². The summed E-state index contributed by atoms with van der Waals surface area (Å²) >= 11 is 0. The quantitative estimate of drug-likeness (QED) is 0.451. The summed E-state index contributed by atoms with van der Waals surface area (Å²) in [6, 6.07) is 3.96. The van der Waals surface area contributed by atoms with Crippen molar-refractivity contribution >= 4 is 29.8 Å². The molecule has 1 atom stereocenters. The minimum Gasteiger partial charge on any atom is -0.493 e. The molecule has 0 radical (unpaired) electrons. The number of nitrogens with zero attached hydrogens (tertiary/aromatic N) is 1. The van der Waals surface area contributed by atoms with Crippen molar-refractivity contribution in [2.75, 3.05) is 33.9 Å². The van der Waals surface area contributed by atoms with Gasteiger partial charge in [-0.05, 0) is 30.7 Å². The molecule has 1 saturated heterocycles. The molecule has 1 aliphatic heterocycles. The van der Waals surface area contributed by atoms with Crippen molar-refractivity contribution in [1.82, 2.24) is 15.5 Å². The first-order valence-corrected chi connectivity index (χ1v) is 9.76. The van der Waals surface area contributed by atoms with Crippen molar-refractivity contribution < 1.29 is 33.4 Å². The number of carbonyl (C=O) groups is 4. The number of carbonyl (C=O) groups excluding carboxylic acids is 4. The first-order valence-electron chi connectivity index (χ1n) is 9.76. The molecule has 31 heavy (non-hydrogen) atoms. The fraction of sp³-hybridized carbons (Fsp3) is 0.429. The van der Waals surface area contributed by atoms with E-state index in [1.54, 1.807) is 25.1 Å². The van der Waals surface area contributed by atoms with Crippen LogP contribution < -0.4 is 20.1 Å². The van der Waals surface area contributed by atoms with Gasteiger partial charge in [-0.15, -0.1) is 0 Å². The molecular weight excluding hydrogens is 406 g/mol. The maximum Gasteiger partial charge on any atom is 0.308 e. The lowest BCUT2D eigenvalue weighted by atomic mass is 10.1. The summed E-state index contributed by atoms with van der Waals surface area (Å²) < 4.78 is 15.4. The fourth-order valence-corrected chi connectivity index (χ4v) is 3.14. The predicted octanol–water partition coefficient (Wildman–Crippen LogP) is 0.461. The lowest BCUT2D eigenvalue weighted by Crippen LogP contribution is -2.58. The Labute approximate surface area is 180 Å². The van der Waals surface area contributed by atoms with E-state index < -0.39 is 29.7 Å². The average Bonchev–Trinajstić information content (AvgIpc) is 2.74. The van der Waals surface area contributed by atoms with Crippen LogP contribution in [0, 0.1) is 0 Å². The molecule has 0 aromatic heterocycles. The molecule has 3 amide bonds. The molecule has 2 rings (SSSR count). The number of hydrogen-bond acceptors (Lipinski definition) is 7. The van der Waals surface area contributed by atoms with Crippen LogP contribution in [-0.4, -0.2) is 68.5 Å². The molecule has 1 aromatic carbocycles. The Kier molecular flexibility index (Phi) is 8.42. The van der Waals surface area contributed by atoms with Gasteiger partial charge in [0.25, 0.3) is 5.91 Å². The van der Waals surface area contributed by atoms with Crippen molar-refractivity contribution in [2.45, 2.75) is 26.3 Å². The number of benzene rings is 1. The first kappa shape index (κ1) is 23.7. The highest BCUT2D eigenvalue weighted by Gasteiger charge is 2.36. The molecule has 1 fully saturated rings. The van der Waals surface area contributed by atoms with E-state index in [1.807, 2.05) is 0 Å². The van der Waals surface area contributed by atoms with Gasteiger partial charge in [-0.3, -0.25) is 19.2 Å². The highest BCUT2D eigenvalue weighted by molar-refractivity contribution is 6.03. The Morgan fingerprint density at radius 1 is 1.23 bits per heavy atom. The van der Waals surface area contributed by atoms with Crippen LogP contribution in [0.3, 0.4) is 0 Å². The number of ether oxygens (including phenoxy) is 3. The molecule has 10 nitrogen and oxygen atoms in total. The van der Waals surface area contributed by atoms with Crippen LogP contribution in [0.1, 0.15) is 25.8 Å². The normalized spacial score (nSPS) is 16.3. The molecule has 1 aliphatic rings. The van der Waals surface area contributed by atoms with Crippen molar-refractivity contribution in [1.29, 1.82) is 0 Å². The van der Waals surface area contributed by atoms with Crippen LogP contribution in [0.25, 0.3) is 6.08 Å². The molecule has 0 aliphatic carbocycles. The predicted molar refractivity (Wildman–Crippen MR) is 111 cm³/mol. The van der Waals surface area contributed by atoms with E-state index in [0.29, 0.717) is 17.1 Å². The highest BCUT2D eigenvalue weighted by atomic mass is 16.5. The number of amides is 3. The summed E-state index contributed by atoms with van der Waals surface area (Å²) in [7, 11) is 2.99. The topological polar surface area (TPSA) is 123 Å². The maximum atomic E-state index is 13.3. The molecular formula is C21H27N3O7. The molecule has 0 bridgehead atoms. The van der Waals surface area contributed by atoms with Gasteiger partial charge in [-0.25, -0.2) is 0 Å². The van der Waals surface area contributed by atoms with Gasteiger partial charge in [-0.2, -0.15) is 0 Å². The second-order valence-electron chi connectivity index (χ2n) is 6.67. The number of piperazine rings is 1. The van der Waals surface area contributed by atoms with Crippen LogP contribution >= 0.6 is 0 Å². The van der Waals surface area contributed by atoms with Crippen molar-refractivity contribution in [3.8, 4) is 11.5 Å². The second-order valence-corrected chi connectivity index (χ2v) is 6.67. The molecule has 1 unspecified atom stereocenters. The number of rotatable bonds is 8. The van der Waals surface area contributed by atoms with Crippen LogP contribution in [0.15, 0.2) is 23.9 Å². The van der Waals surface area contributed by atoms with E-state index in [2.05, 4.69) is 10.6 Å². The van der Waals surface area contributed by atoms with Gasteiger partial charge < -0.3 is 29.7 Å². The Morgan fingerprint density at radius 3 is 2.55 bits per heavy atom. The number of hydrogen-bond donors (Lipinski definition) is 2. The van der Waals surface area contributed by atoms with E-state index in [1.165, 1.54) is 32.1 Å². The summed E-state index contributed by atoms with van der Waals surface area (Å²) in [5.41, 5.74) is 0.529. The molecule has 0 saturated carbocycles. The summed E-state index contributed by atoms with van der Waals surface area (Å²) in [6.07, 6.45) is 1.19. The van der Waals surface area contributed by atoms with Crippen LogP contribution in [-0.2, 0) is 23.9 Å². The van der Waals surface area contributed by atoms with Crippen LogP contribution in [0.5, 0.6) is 11.5 Å². The molecule has 0 spiro atoms. The number of nitrogens with one attached hydrogen (secondary N) is 2. The SMILES string of the molecule is CCOC(=O)CC1C(=O)NCCN1C(=O)/C(=C/c1ccc(OC)c(OC)c1)NC(C)=O. The lowest BCUT2D eigenvalue weighted by molar-refractivity contribution is -0.150. The number of methoxy groups -OCH3 is 2. The Hall–Kier alpha value is -3.56. The number of esters is 1. The standard InChI is InChI=1S/C21H27N3O7/c1-5-31-19(26)12-16-20(27)22-8-9-24(16)21(28)15(23-13(2)25)10-14-6-7-17(29-3)18(11-14)30-4/h6-7,10-11,16H,5,8-9,12H2,1-4H3,(H,22,27)(H,23,25)/b15-10-. The van der Waals surface area contributed by atoms with Crippen LogP contribution in [0.2, 0.25) is 0 Å². The first-order chi connectivity index (χ1) is 14.8.